The minimum Gasteiger partial charge on any atom is -0.481 e. The number of carboxylic acids is 1. The van der Waals surface area contributed by atoms with Crippen LogP contribution in [0.1, 0.15) is 111 Å². The molecule has 16 heteroatoms. The van der Waals surface area contributed by atoms with Gasteiger partial charge in [-0.1, -0.05) is 6.42 Å². The number of halogens is 1. The van der Waals surface area contributed by atoms with Crippen LogP contribution in [0, 0.1) is 0 Å². The van der Waals surface area contributed by atoms with Gasteiger partial charge in [-0.05, 0) is 98.0 Å². The summed E-state index contributed by atoms with van der Waals surface area (Å²) in [6.07, 6.45) is 8.98. The number of fused-ring (bicyclic) bond motifs is 10. The van der Waals surface area contributed by atoms with Crippen LogP contribution in [0.3, 0.4) is 0 Å². The predicted molar refractivity (Wildman–Crippen MR) is 235 cm³/mol. The minimum atomic E-state index is -0.833. The average molecular weight is 865 g/mol. The first-order valence-electron chi connectivity index (χ1n) is 21.2. The highest BCUT2D eigenvalue weighted by molar-refractivity contribution is 6.10. The number of carbonyl (C=O) groups is 4. The van der Waals surface area contributed by atoms with Crippen LogP contribution in [0.25, 0.3) is 0 Å². The fourth-order valence-electron chi connectivity index (χ4n) is 10.7. The molecule has 2 aromatic carbocycles. The smallest absolute Gasteiger partial charge is 0.300 e. The maximum atomic E-state index is 13.4. The summed E-state index contributed by atoms with van der Waals surface area (Å²) < 4.78 is 21.9. The first kappa shape index (κ1) is 46.0. The number of carbonyl (C=O) groups excluding carboxylic acids is 3. The van der Waals surface area contributed by atoms with Crippen LogP contribution in [-0.4, -0.2) is 113 Å². The number of methoxy groups -OCH3 is 4. The van der Waals surface area contributed by atoms with Crippen LogP contribution < -0.4 is 20.4 Å². The molecule has 0 spiro atoms. The van der Waals surface area contributed by atoms with Crippen molar-refractivity contribution in [3.63, 3.8) is 0 Å². The number of carboxylic acid groups (broad SMARTS) is 1. The number of Topliss-reactive ketones (excluding diaryl/α,β-unsaturated/α-hetero) is 1. The van der Waals surface area contributed by atoms with Crippen LogP contribution in [0.5, 0.6) is 0 Å². The molecule has 0 saturated heterocycles. The summed E-state index contributed by atoms with van der Waals surface area (Å²) in [4.78, 5) is 52.0. The number of nitrogens with zero attached hydrogens (tertiary/aromatic N) is 3. The van der Waals surface area contributed by atoms with E-state index in [4.69, 9.17) is 28.8 Å². The van der Waals surface area contributed by atoms with Crippen molar-refractivity contribution in [2.45, 2.75) is 100 Å². The Hall–Kier alpha value is -4.54. The van der Waals surface area contributed by atoms with E-state index in [2.05, 4.69) is 45.1 Å². The number of aromatic nitrogens is 2. The van der Waals surface area contributed by atoms with Gasteiger partial charge in [0.25, 0.3) is 5.97 Å². The zero-order chi connectivity index (χ0) is 42.9. The number of amides is 2. The van der Waals surface area contributed by atoms with Gasteiger partial charge in [-0.3, -0.25) is 24.3 Å². The van der Waals surface area contributed by atoms with E-state index in [0.717, 1.165) is 79.3 Å². The number of hydrogen-bond acceptors (Lipinski definition) is 11. The second kappa shape index (κ2) is 18.8. The summed E-state index contributed by atoms with van der Waals surface area (Å²) >= 11 is 0. The minimum absolute atomic E-state index is 0. The van der Waals surface area contributed by atoms with Crippen LogP contribution in [0.2, 0.25) is 0 Å². The number of hydrogen-bond donors (Lipinski definition) is 4. The molecule has 4 unspecified atom stereocenters. The van der Waals surface area contributed by atoms with Gasteiger partial charge in [0.1, 0.15) is 10.8 Å². The predicted octanol–water partition coefficient (Wildman–Crippen LogP) is 6.01. The maximum Gasteiger partial charge on any atom is 0.300 e. The summed E-state index contributed by atoms with van der Waals surface area (Å²) in [7, 11) is 6.51. The van der Waals surface area contributed by atoms with E-state index < -0.39 is 16.8 Å². The lowest BCUT2D eigenvalue weighted by atomic mass is 9.81. The van der Waals surface area contributed by atoms with Crippen molar-refractivity contribution >= 4 is 58.7 Å². The van der Waals surface area contributed by atoms with Crippen LogP contribution in [0.4, 0.5) is 22.7 Å². The number of anilines is 4. The zero-order valence-electron chi connectivity index (χ0n) is 36.4. The van der Waals surface area contributed by atoms with Crippen molar-refractivity contribution in [1.29, 1.82) is 0 Å². The van der Waals surface area contributed by atoms with Gasteiger partial charge in [-0.15, -0.1) is 12.4 Å². The second-order valence-electron chi connectivity index (χ2n) is 16.8. The largest absolute Gasteiger partial charge is 0.481 e. The van der Waals surface area contributed by atoms with Gasteiger partial charge in [-0.25, -0.2) is 0 Å². The molecule has 0 bridgehead atoms. The molecule has 4 aliphatic heterocycles. The lowest BCUT2D eigenvalue weighted by molar-refractivity contribution is -0.134. The summed E-state index contributed by atoms with van der Waals surface area (Å²) in [5.41, 5.74) is 9.33. The highest BCUT2D eigenvalue weighted by atomic mass is 35.5. The number of ether oxygens (including phenoxy) is 4. The van der Waals surface area contributed by atoms with Crippen molar-refractivity contribution in [2.75, 3.05) is 88.4 Å². The van der Waals surface area contributed by atoms with Crippen LogP contribution in [0.15, 0.2) is 30.5 Å². The number of rotatable bonds is 10. The molecule has 4 N–H and O–H groups in total. The lowest BCUT2D eigenvalue weighted by Gasteiger charge is -2.27. The molecular weight excluding hydrogens is 804 g/mol. The highest BCUT2D eigenvalue weighted by Crippen LogP contribution is 2.54. The Bertz CT molecular complexity index is 2110. The molecule has 9 rings (SSSR count). The number of aryl methyl sites for hydroxylation is 1. The maximum absolute atomic E-state index is 13.4. The molecule has 1 aromatic heterocycles. The fourth-order valence-corrected chi connectivity index (χ4v) is 10.7. The number of benzene rings is 2. The SMILES string of the molecule is CC(=O)O.CCN1C(=O)C(COC)(COC)c2cc3c(cc21)C1CCCCC(=O)C1N3.CCN1C(=O)C(COC)(COC)c2cc3c(cc21)C1CCCc2cn[nH]c2C1N3.Cl. The molecule has 4 atom stereocenters. The van der Waals surface area contributed by atoms with Crippen molar-refractivity contribution in [3.05, 3.63) is 64.0 Å². The van der Waals surface area contributed by atoms with Crippen LogP contribution >= 0.6 is 12.4 Å². The molecule has 332 valence electrons. The number of aromatic amines is 1. The van der Waals surface area contributed by atoms with Gasteiger partial charge in [0, 0.05) is 89.5 Å². The zero-order valence-corrected chi connectivity index (χ0v) is 37.2. The van der Waals surface area contributed by atoms with Gasteiger partial charge in [-0.2, -0.15) is 5.10 Å². The normalized spacial score (nSPS) is 23.1. The molecule has 5 heterocycles. The quantitative estimate of drug-likeness (QED) is 0.187. The van der Waals surface area contributed by atoms with Crippen molar-refractivity contribution in [3.8, 4) is 0 Å². The molecule has 2 aliphatic carbocycles. The first-order chi connectivity index (χ1) is 28.9. The number of nitrogens with one attached hydrogen (secondary N) is 3. The van der Waals surface area contributed by atoms with E-state index in [-0.39, 0.29) is 55.4 Å². The number of ketones is 1. The monoisotopic (exact) mass is 864 g/mol. The Morgan fingerprint density at radius 2 is 1.20 bits per heavy atom. The summed E-state index contributed by atoms with van der Waals surface area (Å²) in [5.74, 6) is 0.147. The Labute approximate surface area is 364 Å². The molecular formula is C45H61ClN6O9. The molecule has 1 saturated carbocycles. The number of likely N-dealkylation sites (N-methyl/N-ethyl adjacent to an activating group) is 2. The Morgan fingerprint density at radius 1 is 0.738 bits per heavy atom. The van der Waals surface area contributed by atoms with Crippen molar-refractivity contribution in [1.82, 2.24) is 10.2 Å². The Morgan fingerprint density at radius 3 is 1.67 bits per heavy atom. The standard InChI is InChI=1S/C22H28N4O3.C21H28N2O4.C2H4O2.ClH/c1-4-26-18-8-15-14-7-5-6-13-10-23-25-19(13)20(14)24-17(15)9-16(18)22(11-28-2,12-29-3)21(26)27;1-4-23-17-9-14-13-7-5-6-8-18(24)19(13)22-16(14)10-15(17)21(11-26-2,12-27-3)20(23)25;1-2(3)4;/h8-10,14,20,24H,4-7,11-12H2,1-3H3,(H,23,25);9-10,13,19,22H,4-8,11-12H2,1-3H3;1H3,(H,3,4);1H. The van der Waals surface area contributed by atoms with Crippen molar-refractivity contribution < 1.29 is 43.2 Å². The first-order valence-corrected chi connectivity index (χ1v) is 21.2. The van der Waals surface area contributed by atoms with E-state index in [1.165, 1.54) is 22.4 Å². The van der Waals surface area contributed by atoms with Crippen LogP contribution in [-0.2, 0) is 55.4 Å². The Balaban J connectivity index is 0.000000185. The van der Waals surface area contributed by atoms with Gasteiger partial charge in [0.2, 0.25) is 11.8 Å². The average Bonchev–Trinajstić information content (AvgIpc) is 3.96. The topological polar surface area (TPSA) is 185 Å². The molecule has 61 heavy (non-hydrogen) atoms. The van der Waals surface area contributed by atoms with Gasteiger partial charge < -0.3 is 44.5 Å². The molecule has 1 fully saturated rings. The molecule has 2 amide bonds. The third-order valence-electron chi connectivity index (χ3n) is 13.2. The lowest BCUT2D eigenvalue weighted by Crippen LogP contribution is -2.46. The van der Waals surface area contributed by atoms with Crippen molar-refractivity contribution in [2.24, 2.45) is 0 Å². The fraction of sp³-hybridized carbons (Fsp3) is 0.578. The molecule has 0 radical (unpaired) electrons. The van der Waals surface area contributed by atoms with Gasteiger partial charge >= 0.3 is 0 Å². The molecule has 3 aromatic rings. The second-order valence-corrected chi connectivity index (χ2v) is 16.8. The third-order valence-corrected chi connectivity index (χ3v) is 13.2. The van der Waals surface area contributed by atoms with Gasteiger partial charge in [0.15, 0.2) is 5.78 Å². The number of H-pyrrole nitrogens is 1. The van der Waals surface area contributed by atoms with E-state index >= 15 is 0 Å². The third kappa shape index (κ3) is 7.81. The van der Waals surface area contributed by atoms with E-state index in [0.29, 0.717) is 44.4 Å². The number of aliphatic carboxylic acids is 1. The summed E-state index contributed by atoms with van der Waals surface area (Å²) in [6.45, 7) is 7.47. The molecule has 6 aliphatic rings. The van der Waals surface area contributed by atoms with E-state index in [1.54, 1.807) is 28.4 Å². The highest BCUT2D eigenvalue weighted by Gasteiger charge is 2.54. The Kier molecular flexibility index (Phi) is 14.2. The van der Waals surface area contributed by atoms with E-state index in [1.807, 2.05) is 29.8 Å². The van der Waals surface area contributed by atoms with Gasteiger partial charge in [0.05, 0.1) is 50.4 Å². The molecule has 15 nitrogen and oxygen atoms in total. The summed E-state index contributed by atoms with van der Waals surface area (Å²) in [5, 5.41) is 22.1. The summed E-state index contributed by atoms with van der Waals surface area (Å²) in [6, 6.07) is 8.68. The van der Waals surface area contributed by atoms with E-state index in [9.17, 15) is 14.4 Å².